The van der Waals surface area contributed by atoms with Crippen LogP contribution in [0.5, 0.6) is 5.75 Å². The van der Waals surface area contributed by atoms with Gasteiger partial charge in [-0.05, 0) is 36.4 Å². The Hall–Kier alpha value is -2.66. The molecule has 3 rings (SSSR count). The third-order valence-electron chi connectivity index (χ3n) is 3.85. The molecule has 2 aromatic carbocycles. The minimum Gasteiger partial charge on any atom is -0.425 e. The van der Waals surface area contributed by atoms with Crippen molar-refractivity contribution >= 4 is 35.5 Å². The van der Waals surface area contributed by atoms with Gasteiger partial charge in [-0.3, -0.25) is 14.4 Å². The molecule has 0 radical (unpaired) electrons. The maximum atomic E-state index is 12.3. The fourth-order valence-corrected chi connectivity index (χ4v) is 2.72. The average molecular weight is 344 g/mol. The number of esters is 1. The first-order valence-electron chi connectivity index (χ1n) is 7.40. The molecule has 1 amide bonds. The zero-order valence-electron chi connectivity index (χ0n) is 12.6. The highest BCUT2D eigenvalue weighted by Gasteiger charge is 2.36. The van der Waals surface area contributed by atoms with Gasteiger partial charge in [0.25, 0.3) is 0 Å². The summed E-state index contributed by atoms with van der Waals surface area (Å²) in [5, 5.41) is 0.576. The van der Waals surface area contributed by atoms with Crippen LogP contribution in [0.4, 0.5) is 5.69 Å². The Kier molecular flexibility index (Phi) is 4.62. The van der Waals surface area contributed by atoms with Crippen molar-refractivity contribution in [3.05, 3.63) is 59.1 Å². The van der Waals surface area contributed by atoms with Crippen molar-refractivity contribution in [2.45, 2.75) is 6.42 Å². The van der Waals surface area contributed by atoms with Crippen LogP contribution in [-0.2, 0) is 9.59 Å². The lowest BCUT2D eigenvalue weighted by atomic mass is 10.1. The third kappa shape index (κ3) is 3.31. The first kappa shape index (κ1) is 16.2. The number of amides is 1. The summed E-state index contributed by atoms with van der Waals surface area (Å²) in [5.41, 5.74) is 0.984. The van der Waals surface area contributed by atoms with E-state index >= 15 is 0 Å². The number of hydrogen-bond acceptors (Lipinski definition) is 4. The summed E-state index contributed by atoms with van der Waals surface area (Å²) in [4.78, 5) is 37.0. The van der Waals surface area contributed by atoms with Gasteiger partial charge in [0.1, 0.15) is 5.75 Å². The van der Waals surface area contributed by atoms with E-state index in [0.717, 1.165) is 0 Å². The summed E-state index contributed by atoms with van der Waals surface area (Å²) in [6, 6.07) is 13.3. The molecule has 1 heterocycles. The molecule has 1 fully saturated rings. The van der Waals surface area contributed by atoms with Crippen molar-refractivity contribution in [2.24, 2.45) is 5.92 Å². The second-order valence-electron chi connectivity index (χ2n) is 5.46. The Morgan fingerprint density at radius 1 is 1.17 bits per heavy atom. The summed E-state index contributed by atoms with van der Waals surface area (Å²) < 4.78 is 5.30. The maximum absolute atomic E-state index is 12.3. The van der Waals surface area contributed by atoms with E-state index < -0.39 is 11.9 Å². The Morgan fingerprint density at radius 2 is 1.88 bits per heavy atom. The Labute approximate surface area is 143 Å². The number of anilines is 1. The Morgan fingerprint density at radius 3 is 2.58 bits per heavy atom. The van der Waals surface area contributed by atoms with Gasteiger partial charge in [-0.2, -0.15) is 0 Å². The number of ether oxygens (including phenoxy) is 1. The van der Waals surface area contributed by atoms with E-state index in [1.165, 1.54) is 4.90 Å². The predicted octanol–water partition coefficient (Wildman–Crippen LogP) is 3.11. The van der Waals surface area contributed by atoms with Crippen molar-refractivity contribution < 1.29 is 19.1 Å². The zero-order chi connectivity index (χ0) is 17.1. The Bertz CT molecular complexity index is 788. The van der Waals surface area contributed by atoms with Crippen LogP contribution in [0.3, 0.4) is 0 Å². The van der Waals surface area contributed by atoms with Crippen LogP contribution in [0.25, 0.3) is 0 Å². The number of carbonyl (C=O) groups excluding carboxylic acids is 3. The summed E-state index contributed by atoms with van der Waals surface area (Å²) in [5.74, 6) is -1.04. The van der Waals surface area contributed by atoms with E-state index in [1.54, 1.807) is 48.5 Å². The van der Waals surface area contributed by atoms with E-state index in [2.05, 4.69) is 0 Å². The monoisotopic (exact) mass is 343 g/mol. The van der Waals surface area contributed by atoms with Crippen LogP contribution < -0.4 is 9.64 Å². The second-order valence-corrected chi connectivity index (χ2v) is 5.90. The highest BCUT2D eigenvalue weighted by molar-refractivity contribution is 6.30. The topological polar surface area (TPSA) is 63.7 Å². The number of benzene rings is 2. The number of carbonyl (C=O) groups is 3. The van der Waals surface area contributed by atoms with Gasteiger partial charge < -0.3 is 9.64 Å². The molecule has 0 aliphatic carbocycles. The number of nitrogens with zero attached hydrogens (tertiary/aromatic N) is 1. The highest BCUT2D eigenvalue weighted by atomic mass is 35.5. The molecule has 122 valence electrons. The minimum atomic E-state index is -0.576. The molecule has 5 nitrogen and oxygen atoms in total. The largest absolute Gasteiger partial charge is 0.425 e. The summed E-state index contributed by atoms with van der Waals surface area (Å²) >= 11 is 5.85. The number of aldehydes is 1. The van der Waals surface area contributed by atoms with Gasteiger partial charge in [0.15, 0.2) is 6.29 Å². The lowest BCUT2D eigenvalue weighted by Crippen LogP contribution is -2.27. The number of rotatable bonds is 4. The molecule has 0 saturated carbocycles. The van der Waals surface area contributed by atoms with Gasteiger partial charge in [0.2, 0.25) is 5.91 Å². The summed E-state index contributed by atoms with van der Waals surface area (Å²) in [6.07, 6.45) is 0.702. The lowest BCUT2D eigenvalue weighted by molar-refractivity contribution is -0.139. The number of halogens is 1. The smallest absolute Gasteiger partial charge is 0.316 e. The molecule has 1 saturated heterocycles. The van der Waals surface area contributed by atoms with E-state index in [-0.39, 0.29) is 24.6 Å². The van der Waals surface area contributed by atoms with E-state index in [9.17, 15) is 14.4 Å². The quantitative estimate of drug-likeness (QED) is 0.486. The first-order chi connectivity index (χ1) is 11.6. The van der Waals surface area contributed by atoms with Gasteiger partial charge in [0, 0.05) is 23.7 Å². The van der Waals surface area contributed by atoms with Crippen LogP contribution in [0, 0.1) is 5.92 Å². The van der Waals surface area contributed by atoms with Gasteiger partial charge in [-0.15, -0.1) is 0 Å². The molecule has 24 heavy (non-hydrogen) atoms. The Balaban J connectivity index is 1.72. The van der Waals surface area contributed by atoms with E-state index in [0.29, 0.717) is 22.6 Å². The van der Waals surface area contributed by atoms with Gasteiger partial charge >= 0.3 is 5.97 Å². The first-order valence-corrected chi connectivity index (χ1v) is 7.78. The molecule has 6 heteroatoms. The second kappa shape index (κ2) is 6.84. The lowest BCUT2D eigenvalue weighted by Gasteiger charge is -2.16. The van der Waals surface area contributed by atoms with Crippen molar-refractivity contribution in [1.29, 1.82) is 0 Å². The third-order valence-corrected chi connectivity index (χ3v) is 4.11. The van der Waals surface area contributed by atoms with Crippen molar-refractivity contribution in [1.82, 2.24) is 0 Å². The SMILES string of the molecule is O=Cc1ccccc1OC(=O)[C@H]1CC(=O)N(c2ccc(Cl)cc2)C1. The van der Waals surface area contributed by atoms with Crippen LogP contribution in [0.1, 0.15) is 16.8 Å². The molecule has 1 atom stereocenters. The molecule has 1 aliphatic rings. The number of para-hydroxylation sites is 1. The fraction of sp³-hybridized carbons (Fsp3) is 0.167. The number of hydrogen-bond donors (Lipinski definition) is 0. The molecular formula is C18H14ClNO4. The van der Waals surface area contributed by atoms with Crippen molar-refractivity contribution in [3.8, 4) is 5.75 Å². The van der Waals surface area contributed by atoms with Crippen molar-refractivity contribution in [3.63, 3.8) is 0 Å². The van der Waals surface area contributed by atoms with Crippen LogP contribution in [0.15, 0.2) is 48.5 Å². The van der Waals surface area contributed by atoms with Gasteiger partial charge in [-0.1, -0.05) is 23.7 Å². The molecule has 2 aromatic rings. The normalized spacial score (nSPS) is 17.0. The zero-order valence-corrected chi connectivity index (χ0v) is 13.4. The van der Waals surface area contributed by atoms with Gasteiger partial charge in [0.05, 0.1) is 11.5 Å². The standard InChI is InChI=1S/C18H14ClNO4/c19-14-5-7-15(8-6-14)20-10-13(9-17(20)22)18(23)24-16-4-2-1-3-12(16)11-21/h1-8,11,13H,9-10H2/t13-/m0/s1. The molecule has 0 spiro atoms. The van der Waals surface area contributed by atoms with Gasteiger partial charge in [-0.25, -0.2) is 0 Å². The molecule has 0 unspecified atom stereocenters. The molecular weight excluding hydrogens is 330 g/mol. The maximum Gasteiger partial charge on any atom is 0.316 e. The van der Waals surface area contributed by atoms with Crippen molar-refractivity contribution in [2.75, 3.05) is 11.4 Å². The summed E-state index contributed by atoms with van der Waals surface area (Å²) in [7, 11) is 0. The van der Waals surface area contributed by atoms with Crippen LogP contribution >= 0.6 is 11.6 Å². The minimum absolute atomic E-state index is 0.0741. The molecule has 0 aromatic heterocycles. The summed E-state index contributed by atoms with van der Waals surface area (Å²) in [6.45, 7) is 0.239. The fourth-order valence-electron chi connectivity index (χ4n) is 2.60. The molecule has 1 aliphatic heterocycles. The van der Waals surface area contributed by atoms with Crippen LogP contribution in [-0.4, -0.2) is 24.7 Å². The molecule has 0 N–H and O–H groups in total. The van der Waals surface area contributed by atoms with E-state index in [1.807, 2.05) is 0 Å². The van der Waals surface area contributed by atoms with E-state index in [4.69, 9.17) is 16.3 Å². The highest BCUT2D eigenvalue weighted by Crippen LogP contribution is 2.28. The van der Waals surface area contributed by atoms with Crippen LogP contribution in [0.2, 0.25) is 5.02 Å². The predicted molar refractivity (Wildman–Crippen MR) is 89.4 cm³/mol. The molecule has 0 bridgehead atoms. The average Bonchev–Trinajstić information content (AvgIpc) is 2.98.